The molecule has 0 aromatic heterocycles. The molecule has 0 saturated heterocycles. The van der Waals surface area contributed by atoms with E-state index in [0.29, 0.717) is 11.3 Å². The summed E-state index contributed by atoms with van der Waals surface area (Å²) in [5.74, 6) is 2.05. The Morgan fingerprint density at radius 1 is 1.26 bits per heavy atom. The molecule has 0 aliphatic heterocycles. The largest absolute Gasteiger partial charge is 0.491 e. The van der Waals surface area contributed by atoms with Gasteiger partial charge in [-0.3, -0.25) is 0 Å². The highest BCUT2D eigenvalue weighted by atomic mass is 32.2. The molecular formula is C16H27NOS. The van der Waals surface area contributed by atoms with Crippen LogP contribution in [0.1, 0.15) is 45.7 Å². The minimum absolute atomic E-state index is 0.220. The Hall–Kier alpha value is -0.670. The first-order chi connectivity index (χ1) is 9.06. The summed E-state index contributed by atoms with van der Waals surface area (Å²) in [7, 11) is 2.03. The van der Waals surface area contributed by atoms with Gasteiger partial charge in [0, 0.05) is 17.0 Å². The Kier molecular flexibility index (Phi) is 7.32. The number of hydrogen-bond donors (Lipinski definition) is 1. The van der Waals surface area contributed by atoms with E-state index in [9.17, 15) is 0 Å². The lowest BCUT2D eigenvalue weighted by Gasteiger charge is -2.19. The molecule has 3 heteroatoms. The summed E-state index contributed by atoms with van der Waals surface area (Å²) in [4.78, 5) is 0. The van der Waals surface area contributed by atoms with Gasteiger partial charge in [-0.05, 0) is 45.0 Å². The van der Waals surface area contributed by atoms with Crippen molar-refractivity contribution < 1.29 is 4.74 Å². The highest BCUT2D eigenvalue weighted by Gasteiger charge is 2.12. The van der Waals surface area contributed by atoms with Crippen molar-refractivity contribution in [2.45, 2.75) is 51.5 Å². The molecule has 0 bridgehead atoms. The van der Waals surface area contributed by atoms with Gasteiger partial charge in [-0.25, -0.2) is 0 Å². The molecule has 0 spiro atoms. The van der Waals surface area contributed by atoms with E-state index in [1.54, 1.807) is 0 Å². The van der Waals surface area contributed by atoms with Crippen LogP contribution in [-0.2, 0) is 0 Å². The fraction of sp³-hybridized carbons (Fsp3) is 0.625. The minimum Gasteiger partial charge on any atom is -0.491 e. The summed E-state index contributed by atoms with van der Waals surface area (Å²) in [6.07, 6.45) is 1.44. The summed E-state index contributed by atoms with van der Waals surface area (Å²) in [5.41, 5.74) is 1.30. The van der Waals surface area contributed by atoms with Crippen molar-refractivity contribution in [2.24, 2.45) is 0 Å². The van der Waals surface area contributed by atoms with Crippen molar-refractivity contribution in [2.75, 3.05) is 12.8 Å². The van der Waals surface area contributed by atoms with Gasteiger partial charge in [-0.2, -0.15) is 11.8 Å². The third kappa shape index (κ3) is 5.87. The molecule has 0 radical (unpaired) electrons. The van der Waals surface area contributed by atoms with Gasteiger partial charge in [-0.15, -0.1) is 0 Å². The number of hydrogen-bond acceptors (Lipinski definition) is 3. The second-order valence-corrected chi connectivity index (χ2v) is 6.60. The second kappa shape index (κ2) is 8.49. The van der Waals surface area contributed by atoms with Crippen LogP contribution < -0.4 is 10.1 Å². The topological polar surface area (TPSA) is 21.3 Å². The second-order valence-electron chi connectivity index (χ2n) is 5.13. The Labute approximate surface area is 122 Å². The highest BCUT2D eigenvalue weighted by molar-refractivity contribution is 7.99. The predicted molar refractivity (Wildman–Crippen MR) is 86.2 cm³/mol. The van der Waals surface area contributed by atoms with Gasteiger partial charge in [0.25, 0.3) is 0 Å². The first-order valence-corrected chi connectivity index (χ1v) is 8.17. The van der Waals surface area contributed by atoms with E-state index in [1.807, 2.05) is 24.9 Å². The van der Waals surface area contributed by atoms with E-state index in [0.717, 1.165) is 11.5 Å². The van der Waals surface area contributed by atoms with E-state index in [-0.39, 0.29) is 6.10 Å². The quantitative estimate of drug-likeness (QED) is 0.769. The number of benzene rings is 1. The van der Waals surface area contributed by atoms with E-state index in [4.69, 9.17) is 4.74 Å². The van der Waals surface area contributed by atoms with Crippen LogP contribution in [0.15, 0.2) is 24.3 Å². The Balaban J connectivity index is 2.69. The highest BCUT2D eigenvalue weighted by Crippen LogP contribution is 2.25. The van der Waals surface area contributed by atoms with Crippen LogP contribution in [-0.4, -0.2) is 24.2 Å². The maximum Gasteiger partial charge on any atom is 0.120 e. The van der Waals surface area contributed by atoms with Crippen molar-refractivity contribution in [1.29, 1.82) is 0 Å². The molecule has 0 saturated carbocycles. The predicted octanol–water partition coefficient (Wildman–Crippen LogP) is 4.27. The molecule has 0 aliphatic rings. The van der Waals surface area contributed by atoms with E-state index >= 15 is 0 Å². The van der Waals surface area contributed by atoms with E-state index < -0.39 is 0 Å². The zero-order chi connectivity index (χ0) is 14.3. The minimum atomic E-state index is 0.220. The number of thioether (sulfide) groups is 1. The van der Waals surface area contributed by atoms with Crippen LogP contribution >= 0.6 is 11.8 Å². The Bertz CT molecular complexity index is 368. The molecule has 108 valence electrons. The SMILES string of the molecule is CCC(C)SCC(NC)c1cccc(OC(C)C)c1. The molecule has 19 heavy (non-hydrogen) atoms. The van der Waals surface area contributed by atoms with Crippen molar-refractivity contribution in [3.05, 3.63) is 29.8 Å². The lowest BCUT2D eigenvalue weighted by Crippen LogP contribution is -2.20. The van der Waals surface area contributed by atoms with E-state index in [1.165, 1.54) is 12.0 Å². The van der Waals surface area contributed by atoms with E-state index in [2.05, 4.69) is 51.2 Å². The summed E-state index contributed by atoms with van der Waals surface area (Å²) < 4.78 is 5.76. The third-order valence-electron chi connectivity index (χ3n) is 3.10. The van der Waals surface area contributed by atoms with Crippen LogP contribution in [0.2, 0.25) is 0 Å². The average Bonchev–Trinajstić information content (AvgIpc) is 2.38. The number of nitrogens with one attached hydrogen (secondary N) is 1. The molecule has 0 fully saturated rings. The average molecular weight is 281 g/mol. The van der Waals surface area contributed by atoms with Crippen molar-refractivity contribution in [3.8, 4) is 5.75 Å². The Morgan fingerprint density at radius 3 is 2.58 bits per heavy atom. The first kappa shape index (κ1) is 16.4. The van der Waals surface area contributed by atoms with Crippen LogP contribution in [0.4, 0.5) is 0 Å². The standard InChI is InChI=1S/C16H27NOS/c1-6-13(4)19-11-16(17-5)14-8-7-9-15(10-14)18-12(2)3/h7-10,12-13,16-17H,6,11H2,1-5H3. The van der Waals surface area contributed by atoms with Crippen LogP contribution in [0.25, 0.3) is 0 Å². The third-order valence-corrected chi connectivity index (χ3v) is 4.53. The number of rotatable bonds is 8. The molecule has 1 N–H and O–H groups in total. The van der Waals surface area contributed by atoms with Gasteiger partial charge in [0.2, 0.25) is 0 Å². The van der Waals surface area contributed by atoms with Gasteiger partial charge < -0.3 is 10.1 Å². The molecular weight excluding hydrogens is 254 g/mol. The van der Waals surface area contributed by atoms with Crippen LogP contribution in [0.3, 0.4) is 0 Å². The molecule has 1 rings (SSSR count). The normalized spacial score (nSPS) is 14.4. The maximum absolute atomic E-state index is 5.76. The van der Waals surface area contributed by atoms with Gasteiger partial charge >= 0.3 is 0 Å². The van der Waals surface area contributed by atoms with Crippen molar-refractivity contribution >= 4 is 11.8 Å². The molecule has 2 atom stereocenters. The monoisotopic (exact) mass is 281 g/mol. The summed E-state index contributed by atoms with van der Waals surface area (Å²) in [5, 5.41) is 4.12. The summed E-state index contributed by atoms with van der Waals surface area (Å²) >= 11 is 2.02. The van der Waals surface area contributed by atoms with Gasteiger partial charge in [0.1, 0.15) is 5.75 Å². The summed E-state index contributed by atoms with van der Waals surface area (Å²) in [6.45, 7) is 8.64. The van der Waals surface area contributed by atoms with Crippen LogP contribution in [0.5, 0.6) is 5.75 Å². The van der Waals surface area contributed by atoms with Crippen molar-refractivity contribution in [3.63, 3.8) is 0 Å². The molecule has 2 unspecified atom stereocenters. The summed E-state index contributed by atoms with van der Waals surface area (Å²) in [6, 6.07) is 8.81. The molecule has 0 amide bonds. The molecule has 0 heterocycles. The Morgan fingerprint density at radius 2 is 2.00 bits per heavy atom. The number of ether oxygens (including phenoxy) is 1. The first-order valence-electron chi connectivity index (χ1n) is 7.12. The molecule has 1 aromatic rings. The molecule has 1 aromatic carbocycles. The fourth-order valence-electron chi connectivity index (χ4n) is 1.80. The van der Waals surface area contributed by atoms with Crippen LogP contribution in [0, 0.1) is 0 Å². The van der Waals surface area contributed by atoms with Gasteiger partial charge in [0.05, 0.1) is 6.10 Å². The lowest BCUT2D eigenvalue weighted by atomic mass is 10.1. The lowest BCUT2D eigenvalue weighted by molar-refractivity contribution is 0.242. The smallest absolute Gasteiger partial charge is 0.120 e. The fourth-order valence-corrected chi connectivity index (χ4v) is 2.92. The van der Waals surface area contributed by atoms with Gasteiger partial charge in [0.15, 0.2) is 0 Å². The maximum atomic E-state index is 5.76. The molecule has 2 nitrogen and oxygen atoms in total. The van der Waals surface area contributed by atoms with Crippen molar-refractivity contribution in [1.82, 2.24) is 5.32 Å². The van der Waals surface area contributed by atoms with Gasteiger partial charge in [-0.1, -0.05) is 26.0 Å². The zero-order valence-electron chi connectivity index (χ0n) is 12.8. The molecule has 0 aliphatic carbocycles. The zero-order valence-corrected chi connectivity index (χ0v) is 13.6.